The van der Waals surface area contributed by atoms with E-state index < -0.39 is 60.2 Å². The number of carboxylic acid groups (broad SMARTS) is 1. The molecule has 0 aliphatic rings. The molecule has 13 nitrogen and oxygen atoms in total. The molecule has 10 N–H and O–H groups in total. The van der Waals surface area contributed by atoms with Gasteiger partial charge in [0, 0.05) is 12.8 Å². The number of nitrogens with one attached hydrogen (secondary N) is 3. The van der Waals surface area contributed by atoms with E-state index >= 15 is 0 Å². The maximum Gasteiger partial charge on any atom is 0.326 e. The smallest absolute Gasteiger partial charge is 0.326 e. The molecule has 2 aromatic carbocycles. The molecule has 0 aliphatic heterocycles. The van der Waals surface area contributed by atoms with Crippen molar-refractivity contribution in [2.45, 2.75) is 50.4 Å². The summed E-state index contributed by atoms with van der Waals surface area (Å²) in [5.41, 5.74) is 11.9. The molecule has 13 heteroatoms. The third-order valence-electron chi connectivity index (χ3n) is 5.45. The number of aromatic hydroxyl groups is 2. The molecular formula is C25H31N5O8. The first kappa shape index (κ1) is 29.6. The standard InChI is InChI=1S/C25H31N5O8/c1-13(26)22(34)28-18(10-14-2-6-16(31)7-3-14)23(35)29-19(12-21(27)33)24(36)30-20(25(37)38)11-15-4-8-17(32)9-5-15/h2-9,13,18-20,31-32H,10-12,26H2,1H3,(H2,27,33)(H,28,34)(H,29,35)(H,30,36)(H,37,38). The number of phenols is 2. The van der Waals surface area contributed by atoms with Crippen molar-refractivity contribution in [3.63, 3.8) is 0 Å². The molecule has 0 bridgehead atoms. The number of aliphatic carboxylic acids is 1. The van der Waals surface area contributed by atoms with Crippen molar-refractivity contribution < 1.29 is 39.3 Å². The van der Waals surface area contributed by atoms with Crippen molar-refractivity contribution in [2.24, 2.45) is 11.5 Å². The van der Waals surface area contributed by atoms with Crippen LogP contribution in [-0.4, -0.2) is 69.1 Å². The lowest BCUT2D eigenvalue weighted by atomic mass is 10.0. The Hall–Kier alpha value is -4.65. The van der Waals surface area contributed by atoms with E-state index in [1.165, 1.54) is 55.5 Å². The van der Waals surface area contributed by atoms with E-state index in [0.717, 1.165) is 0 Å². The van der Waals surface area contributed by atoms with Gasteiger partial charge >= 0.3 is 5.97 Å². The van der Waals surface area contributed by atoms with Crippen LogP contribution in [0.25, 0.3) is 0 Å². The highest BCUT2D eigenvalue weighted by Crippen LogP contribution is 2.13. The van der Waals surface area contributed by atoms with E-state index in [2.05, 4.69) is 16.0 Å². The van der Waals surface area contributed by atoms with Gasteiger partial charge in [-0.25, -0.2) is 4.79 Å². The molecule has 0 heterocycles. The quantitative estimate of drug-likeness (QED) is 0.153. The molecule has 2 rings (SSSR count). The molecule has 0 saturated heterocycles. The van der Waals surface area contributed by atoms with Gasteiger partial charge in [0.25, 0.3) is 0 Å². The first-order chi connectivity index (χ1) is 17.8. The zero-order chi connectivity index (χ0) is 28.4. The molecule has 2 aromatic rings. The molecule has 0 aliphatic carbocycles. The number of phenolic OH excluding ortho intramolecular Hbond substituents is 2. The summed E-state index contributed by atoms with van der Waals surface area (Å²) in [4.78, 5) is 61.7. The van der Waals surface area contributed by atoms with Gasteiger partial charge < -0.3 is 42.7 Å². The van der Waals surface area contributed by atoms with Crippen LogP contribution in [0.2, 0.25) is 0 Å². The third kappa shape index (κ3) is 9.43. The number of carbonyl (C=O) groups excluding carboxylic acids is 4. The number of amides is 4. The van der Waals surface area contributed by atoms with Crippen molar-refractivity contribution in [3.8, 4) is 11.5 Å². The highest BCUT2D eigenvalue weighted by Gasteiger charge is 2.31. The van der Waals surface area contributed by atoms with E-state index in [1.54, 1.807) is 0 Å². The normalized spacial score (nSPS) is 13.8. The lowest BCUT2D eigenvalue weighted by Gasteiger charge is -2.24. The highest BCUT2D eigenvalue weighted by atomic mass is 16.4. The van der Waals surface area contributed by atoms with Crippen LogP contribution in [0, 0.1) is 0 Å². The van der Waals surface area contributed by atoms with E-state index in [9.17, 15) is 39.3 Å². The van der Waals surface area contributed by atoms with Gasteiger partial charge in [-0.15, -0.1) is 0 Å². The summed E-state index contributed by atoms with van der Waals surface area (Å²) in [5.74, 6) is -4.82. The third-order valence-corrected chi connectivity index (χ3v) is 5.45. The maximum absolute atomic E-state index is 13.1. The van der Waals surface area contributed by atoms with Crippen LogP contribution in [0.3, 0.4) is 0 Å². The highest BCUT2D eigenvalue weighted by molar-refractivity contribution is 5.96. The Morgan fingerprint density at radius 3 is 1.53 bits per heavy atom. The number of hydrogen-bond acceptors (Lipinski definition) is 8. The van der Waals surface area contributed by atoms with Gasteiger partial charge in [-0.1, -0.05) is 24.3 Å². The molecule has 4 amide bonds. The van der Waals surface area contributed by atoms with Crippen LogP contribution in [0.15, 0.2) is 48.5 Å². The minimum Gasteiger partial charge on any atom is -0.508 e. The number of benzene rings is 2. The summed E-state index contributed by atoms with van der Waals surface area (Å²) in [6, 6.07) is 6.37. The fourth-order valence-electron chi connectivity index (χ4n) is 3.40. The Morgan fingerprint density at radius 1 is 0.711 bits per heavy atom. The summed E-state index contributed by atoms with van der Waals surface area (Å²) in [6.45, 7) is 1.41. The van der Waals surface area contributed by atoms with Crippen LogP contribution < -0.4 is 27.4 Å². The lowest BCUT2D eigenvalue weighted by molar-refractivity contribution is -0.142. The first-order valence-electron chi connectivity index (χ1n) is 11.6. The number of nitrogens with two attached hydrogens (primary N) is 2. The SMILES string of the molecule is CC(N)C(=O)NC(Cc1ccc(O)cc1)C(=O)NC(CC(N)=O)C(=O)NC(Cc1ccc(O)cc1)C(=O)O. The number of rotatable bonds is 13. The fourth-order valence-corrected chi connectivity index (χ4v) is 3.40. The number of carbonyl (C=O) groups is 5. The van der Waals surface area contributed by atoms with Gasteiger partial charge in [0.05, 0.1) is 12.5 Å². The zero-order valence-electron chi connectivity index (χ0n) is 20.6. The Kier molecular flexibility index (Phi) is 10.6. The summed E-state index contributed by atoms with van der Waals surface area (Å²) in [7, 11) is 0. The number of carboxylic acids is 1. The Bertz CT molecular complexity index is 1150. The Balaban J connectivity index is 2.21. The largest absolute Gasteiger partial charge is 0.508 e. The molecule has 4 unspecified atom stereocenters. The van der Waals surface area contributed by atoms with Gasteiger partial charge in [0.15, 0.2) is 0 Å². The Morgan fingerprint density at radius 2 is 1.11 bits per heavy atom. The molecule has 38 heavy (non-hydrogen) atoms. The fraction of sp³-hybridized carbons (Fsp3) is 0.320. The van der Waals surface area contributed by atoms with Gasteiger partial charge in [-0.2, -0.15) is 0 Å². The van der Waals surface area contributed by atoms with Gasteiger partial charge in [-0.3, -0.25) is 19.2 Å². The topological polar surface area (TPSA) is 234 Å². The number of primary amides is 1. The molecule has 0 spiro atoms. The average molecular weight is 530 g/mol. The maximum atomic E-state index is 13.1. The van der Waals surface area contributed by atoms with Gasteiger partial charge in [-0.05, 0) is 42.3 Å². The molecule has 204 valence electrons. The van der Waals surface area contributed by atoms with E-state index in [0.29, 0.717) is 11.1 Å². The van der Waals surface area contributed by atoms with Crippen LogP contribution in [-0.2, 0) is 36.8 Å². The first-order valence-corrected chi connectivity index (χ1v) is 11.6. The van der Waals surface area contributed by atoms with E-state index in [-0.39, 0.29) is 24.3 Å². The summed E-state index contributed by atoms with van der Waals surface area (Å²) in [5, 5.41) is 35.6. The second kappa shape index (κ2) is 13.6. The Labute approximate surface area is 218 Å². The van der Waals surface area contributed by atoms with Crippen molar-refractivity contribution in [3.05, 3.63) is 59.7 Å². The molecule has 4 atom stereocenters. The van der Waals surface area contributed by atoms with Crippen LogP contribution in [0.1, 0.15) is 24.5 Å². The molecule has 0 fully saturated rings. The van der Waals surface area contributed by atoms with E-state index in [4.69, 9.17) is 11.5 Å². The average Bonchev–Trinajstić information content (AvgIpc) is 2.84. The zero-order valence-corrected chi connectivity index (χ0v) is 20.6. The lowest BCUT2D eigenvalue weighted by Crippen LogP contribution is -2.58. The molecule has 0 radical (unpaired) electrons. The van der Waals surface area contributed by atoms with Crippen molar-refractivity contribution in [2.75, 3.05) is 0 Å². The van der Waals surface area contributed by atoms with E-state index in [1.807, 2.05) is 0 Å². The van der Waals surface area contributed by atoms with Crippen molar-refractivity contribution >= 4 is 29.6 Å². The number of hydrogen-bond donors (Lipinski definition) is 8. The molecular weight excluding hydrogens is 498 g/mol. The second-order valence-electron chi connectivity index (χ2n) is 8.72. The van der Waals surface area contributed by atoms with Gasteiger partial charge in [0.2, 0.25) is 23.6 Å². The second-order valence-corrected chi connectivity index (χ2v) is 8.72. The van der Waals surface area contributed by atoms with Crippen molar-refractivity contribution in [1.82, 2.24) is 16.0 Å². The van der Waals surface area contributed by atoms with Gasteiger partial charge in [0.1, 0.15) is 29.6 Å². The minimum atomic E-state index is -1.55. The monoisotopic (exact) mass is 529 g/mol. The van der Waals surface area contributed by atoms with Crippen LogP contribution >= 0.6 is 0 Å². The summed E-state index contributed by atoms with van der Waals surface area (Å²) in [6.07, 6.45) is -0.836. The molecule has 0 aromatic heterocycles. The van der Waals surface area contributed by atoms with Crippen LogP contribution in [0.4, 0.5) is 0 Å². The predicted octanol–water partition coefficient (Wildman–Crippen LogP) is -1.36. The summed E-state index contributed by atoms with van der Waals surface area (Å²) >= 11 is 0. The predicted molar refractivity (Wildman–Crippen MR) is 135 cm³/mol. The minimum absolute atomic E-state index is 0.00662. The summed E-state index contributed by atoms with van der Waals surface area (Å²) < 4.78 is 0. The molecule has 0 saturated carbocycles. The van der Waals surface area contributed by atoms with Crippen LogP contribution in [0.5, 0.6) is 11.5 Å². The van der Waals surface area contributed by atoms with Crippen molar-refractivity contribution in [1.29, 1.82) is 0 Å².